The van der Waals surface area contributed by atoms with Crippen LogP contribution in [-0.2, 0) is 9.59 Å². The number of aliphatic hydroxyl groups excluding tert-OH is 1. The Labute approximate surface area is 214 Å². The zero-order valence-electron chi connectivity index (χ0n) is 21.8. The van der Waals surface area contributed by atoms with Crippen molar-refractivity contribution in [1.82, 2.24) is 9.80 Å². The Balaban J connectivity index is 2.04. The van der Waals surface area contributed by atoms with E-state index in [0.717, 1.165) is 31.5 Å². The van der Waals surface area contributed by atoms with Crippen LogP contribution in [-0.4, -0.2) is 66.0 Å². The van der Waals surface area contributed by atoms with Crippen molar-refractivity contribution in [3.63, 3.8) is 0 Å². The van der Waals surface area contributed by atoms with Crippen molar-refractivity contribution >= 4 is 17.4 Å². The standard InChI is InChI=1S/C29H38N2O5/c1-5-9-19-36-24-12-10-11-22(20-24)26-25(27(32)21-13-15-23(16-14-21)35-8-4)28(33)29(34)31(26)18-17-30(6-2)7-3/h10-16,20,26,32H,5-9,17-19H2,1-4H3. The van der Waals surface area contributed by atoms with Gasteiger partial charge in [0.2, 0.25) is 0 Å². The molecule has 1 amide bonds. The molecule has 0 aliphatic carbocycles. The number of carbonyl (C=O) groups excluding carboxylic acids is 2. The molecule has 0 saturated carbocycles. The summed E-state index contributed by atoms with van der Waals surface area (Å²) in [6.07, 6.45) is 1.96. The van der Waals surface area contributed by atoms with Crippen molar-refractivity contribution in [2.45, 2.75) is 46.6 Å². The van der Waals surface area contributed by atoms with E-state index >= 15 is 0 Å². The van der Waals surface area contributed by atoms with Crippen LogP contribution in [0.25, 0.3) is 5.76 Å². The van der Waals surface area contributed by atoms with E-state index in [4.69, 9.17) is 9.47 Å². The summed E-state index contributed by atoms with van der Waals surface area (Å²) in [4.78, 5) is 30.3. The third-order valence-corrected chi connectivity index (χ3v) is 6.47. The van der Waals surface area contributed by atoms with Crippen LogP contribution in [0.3, 0.4) is 0 Å². The third-order valence-electron chi connectivity index (χ3n) is 6.47. The largest absolute Gasteiger partial charge is 0.507 e. The number of hydrogen-bond donors (Lipinski definition) is 1. The average Bonchev–Trinajstić information content (AvgIpc) is 3.15. The molecule has 1 fully saturated rings. The van der Waals surface area contributed by atoms with Gasteiger partial charge in [0.1, 0.15) is 17.3 Å². The van der Waals surface area contributed by atoms with Crippen LogP contribution >= 0.6 is 0 Å². The molecule has 1 atom stereocenters. The summed E-state index contributed by atoms with van der Waals surface area (Å²) in [5.41, 5.74) is 1.28. The highest BCUT2D eigenvalue weighted by Crippen LogP contribution is 2.40. The number of ether oxygens (including phenoxy) is 2. The summed E-state index contributed by atoms with van der Waals surface area (Å²) < 4.78 is 11.4. The monoisotopic (exact) mass is 494 g/mol. The Morgan fingerprint density at radius 2 is 1.69 bits per heavy atom. The molecule has 36 heavy (non-hydrogen) atoms. The van der Waals surface area contributed by atoms with Crippen molar-refractivity contribution in [1.29, 1.82) is 0 Å². The molecule has 1 saturated heterocycles. The van der Waals surface area contributed by atoms with E-state index in [-0.39, 0.29) is 11.3 Å². The van der Waals surface area contributed by atoms with Crippen LogP contribution in [0.2, 0.25) is 0 Å². The molecular formula is C29H38N2O5. The highest BCUT2D eigenvalue weighted by atomic mass is 16.5. The van der Waals surface area contributed by atoms with Crippen molar-refractivity contribution in [3.8, 4) is 11.5 Å². The minimum atomic E-state index is -0.707. The minimum Gasteiger partial charge on any atom is -0.507 e. The summed E-state index contributed by atoms with van der Waals surface area (Å²) in [5.74, 6) is -0.122. The Morgan fingerprint density at radius 3 is 2.33 bits per heavy atom. The van der Waals surface area contributed by atoms with Gasteiger partial charge in [-0.05, 0) is 68.4 Å². The second-order valence-corrected chi connectivity index (χ2v) is 8.75. The summed E-state index contributed by atoms with van der Waals surface area (Å²) in [7, 11) is 0. The fourth-order valence-electron chi connectivity index (χ4n) is 4.39. The SMILES string of the molecule is CCCCOc1cccc(C2C(=C(O)c3ccc(OCC)cc3)C(=O)C(=O)N2CCN(CC)CC)c1. The van der Waals surface area contributed by atoms with Crippen LogP contribution in [0.5, 0.6) is 11.5 Å². The molecule has 1 aliphatic heterocycles. The van der Waals surface area contributed by atoms with Crippen LogP contribution in [0.15, 0.2) is 54.1 Å². The number of amides is 1. The summed E-state index contributed by atoms with van der Waals surface area (Å²) >= 11 is 0. The lowest BCUT2D eigenvalue weighted by molar-refractivity contribution is -0.140. The number of benzene rings is 2. The van der Waals surface area contributed by atoms with Gasteiger partial charge in [-0.1, -0.05) is 39.3 Å². The van der Waals surface area contributed by atoms with Gasteiger partial charge in [0.15, 0.2) is 0 Å². The maximum atomic E-state index is 13.3. The van der Waals surface area contributed by atoms with Crippen molar-refractivity contribution < 1.29 is 24.2 Å². The molecule has 1 unspecified atom stereocenters. The molecule has 1 aliphatic rings. The first-order valence-corrected chi connectivity index (χ1v) is 12.9. The number of likely N-dealkylation sites (tertiary alicyclic amines) is 1. The molecule has 2 aromatic carbocycles. The van der Waals surface area contributed by atoms with E-state index in [1.54, 1.807) is 29.2 Å². The van der Waals surface area contributed by atoms with Gasteiger partial charge >= 0.3 is 0 Å². The number of hydrogen-bond acceptors (Lipinski definition) is 6. The predicted octanol–water partition coefficient (Wildman–Crippen LogP) is 5.03. The summed E-state index contributed by atoms with van der Waals surface area (Å²) in [6.45, 7) is 11.9. The van der Waals surface area contributed by atoms with E-state index in [2.05, 4.69) is 25.7 Å². The number of likely N-dealkylation sites (N-methyl/N-ethyl adjacent to an activating group) is 1. The smallest absolute Gasteiger partial charge is 0.295 e. The lowest BCUT2D eigenvalue weighted by Gasteiger charge is -2.28. The van der Waals surface area contributed by atoms with E-state index in [1.807, 2.05) is 31.2 Å². The van der Waals surface area contributed by atoms with Gasteiger partial charge < -0.3 is 24.4 Å². The van der Waals surface area contributed by atoms with Crippen LogP contribution in [0, 0.1) is 0 Å². The molecule has 0 bridgehead atoms. The highest BCUT2D eigenvalue weighted by Gasteiger charge is 2.46. The lowest BCUT2D eigenvalue weighted by Crippen LogP contribution is -2.38. The zero-order valence-corrected chi connectivity index (χ0v) is 21.8. The number of rotatable bonds is 13. The van der Waals surface area contributed by atoms with Gasteiger partial charge in [0.25, 0.3) is 11.7 Å². The van der Waals surface area contributed by atoms with Gasteiger partial charge in [0.05, 0.1) is 24.8 Å². The Hall–Kier alpha value is -3.32. The number of aliphatic hydroxyl groups is 1. The van der Waals surface area contributed by atoms with Gasteiger partial charge in [-0.25, -0.2) is 0 Å². The zero-order chi connectivity index (χ0) is 26.1. The third kappa shape index (κ3) is 6.26. The molecule has 1 N–H and O–H groups in total. The summed E-state index contributed by atoms with van der Waals surface area (Å²) in [5, 5.41) is 11.3. The van der Waals surface area contributed by atoms with Crippen molar-refractivity contribution in [2.24, 2.45) is 0 Å². The maximum absolute atomic E-state index is 13.3. The number of Topliss-reactive ketones (excluding diaryl/α,β-unsaturated/α-hetero) is 1. The first kappa shape index (κ1) is 27.3. The molecule has 0 spiro atoms. The fraction of sp³-hybridized carbons (Fsp3) is 0.448. The topological polar surface area (TPSA) is 79.3 Å². The fourth-order valence-corrected chi connectivity index (χ4v) is 4.39. The first-order chi connectivity index (χ1) is 17.4. The molecule has 3 rings (SSSR count). The molecular weight excluding hydrogens is 456 g/mol. The molecule has 0 radical (unpaired) electrons. The number of ketones is 1. The van der Waals surface area contributed by atoms with E-state index in [1.165, 1.54) is 0 Å². The van der Waals surface area contributed by atoms with Gasteiger partial charge in [0, 0.05) is 18.7 Å². The molecule has 7 heteroatoms. The quantitative estimate of drug-likeness (QED) is 0.182. The predicted molar refractivity (Wildman–Crippen MR) is 141 cm³/mol. The Bertz CT molecular complexity index is 1060. The van der Waals surface area contributed by atoms with Crippen LogP contribution in [0.4, 0.5) is 0 Å². The number of carbonyl (C=O) groups is 2. The van der Waals surface area contributed by atoms with E-state index in [0.29, 0.717) is 43.4 Å². The summed E-state index contributed by atoms with van der Waals surface area (Å²) in [6, 6.07) is 13.6. The molecule has 7 nitrogen and oxygen atoms in total. The van der Waals surface area contributed by atoms with Gasteiger partial charge in [-0.2, -0.15) is 0 Å². The van der Waals surface area contributed by atoms with Crippen molar-refractivity contribution in [3.05, 3.63) is 65.2 Å². The normalized spacial score (nSPS) is 17.1. The molecule has 2 aromatic rings. The Morgan fingerprint density at radius 1 is 0.972 bits per heavy atom. The van der Waals surface area contributed by atoms with Gasteiger partial charge in [-0.3, -0.25) is 9.59 Å². The van der Waals surface area contributed by atoms with Gasteiger partial charge in [-0.15, -0.1) is 0 Å². The second kappa shape index (κ2) is 13.1. The number of unbranched alkanes of at least 4 members (excludes halogenated alkanes) is 1. The minimum absolute atomic E-state index is 0.0921. The average molecular weight is 495 g/mol. The molecule has 0 aromatic heterocycles. The van der Waals surface area contributed by atoms with Crippen molar-refractivity contribution in [2.75, 3.05) is 39.4 Å². The second-order valence-electron chi connectivity index (χ2n) is 8.75. The van der Waals surface area contributed by atoms with Crippen LogP contribution < -0.4 is 9.47 Å². The number of nitrogens with zero attached hydrogens (tertiary/aromatic N) is 2. The Kier molecular flexibility index (Phi) is 9.94. The van der Waals surface area contributed by atoms with Crippen LogP contribution in [0.1, 0.15) is 57.7 Å². The highest BCUT2D eigenvalue weighted by molar-refractivity contribution is 6.46. The van der Waals surface area contributed by atoms with E-state index < -0.39 is 17.7 Å². The lowest BCUT2D eigenvalue weighted by atomic mass is 9.95. The molecule has 1 heterocycles. The van der Waals surface area contributed by atoms with E-state index in [9.17, 15) is 14.7 Å². The maximum Gasteiger partial charge on any atom is 0.295 e. The molecule has 194 valence electrons. The first-order valence-electron chi connectivity index (χ1n) is 12.9.